The van der Waals surface area contributed by atoms with Crippen LogP contribution in [0.5, 0.6) is 5.75 Å². The molecule has 0 fully saturated rings. The van der Waals surface area contributed by atoms with E-state index in [0.29, 0.717) is 6.61 Å². The van der Waals surface area contributed by atoms with E-state index >= 15 is 0 Å². The average Bonchev–Trinajstić information content (AvgIpc) is 2.37. The van der Waals surface area contributed by atoms with Crippen LogP contribution in [0.1, 0.15) is 23.7 Å². The Labute approximate surface area is 114 Å². The van der Waals surface area contributed by atoms with Crippen molar-refractivity contribution in [2.45, 2.75) is 32.9 Å². The second kappa shape index (κ2) is 6.34. The van der Waals surface area contributed by atoms with E-state index in [0.717, 1.165) is 17.9 Å². The summed E-state index contributed by atoms with van der Waals surface area (Å²) in [6, 6.07) is 12.3. The lowest BCUT2D eigenvalue weighted by atomic mass is 10.1. The van der Waals surface area contributed by atoms with Gasteiger partial charge in [-0.3, -0.25) is 4.98 Å². The van der Waals surface area contributed by atoms with E-state index in [1.807, 2.05) is 25.1 Å². The zero-order chi connectivity index (χ0) is 13.7. The Hall–Kier alpha value is -1.87. The van der Waals surface area contributed by atoms with Gasteiger partial charge in [-0.25, -0.2) is 0 Å². The van der Waals surface area contributed by atoms with E-state index in [1.165, 1.54) is 11.1 Å². The van der Waals surface area contributed by atoms with Crippen molar-refractivity contribution in [3.05, 3.63) is 59.4 Å². The normalized spacial score (nSPS) is 12.2. The molecule has 2 N–H and O–H groups in total. The summed E-state index contributed by atoms with van der Waals surface area (Å²) in [5, 5.41) is 0. The number of hydrogen-bond acceptors (Lipinski definition) is 3. The molecule has 0 saturated carbocycles. The van der Waals surface area contributed by atoms with Crippen LogP contribution in [0.3, 0.4) is 0 Å². The van der Waals surface area contributed by atoms with Crippen molar-refractivity contribution >= 4 is 0 Å². The van der Waals surface area contributed by atoms with Crippen molar-refractivity contribution in [1.29, 1.82) is 0 Å². The Bertz CT molecular complexity index is 521. The summed E-state index contributed by atoms with van der Waals surface area (Å²) >= 11 is 0. The summed E-state index contributed by atoms with van der Waals surface area (Å²) in [6.45, 7) is 4.62. The summed E-state index contributed by atoms with van der Waals surface area (Å²) in [7, 11) is 0. The van der Waals surface area contributed by atoms with Crippen molar-refractivity contribution in [3.8, 4) is 5.75 Å². The number of nitrogens with zero attached hydrogens (tertiary/aromatic N) is 1. The molecule has 0 aliphatic rings. The topological polar surface area (TPSA) is 48.1 Å². The molecule has 1 unspecified atom stereocenters. The van der Waals surface area contributed by atoms with Gasteiger partial charge in [0, 0.05) is 18.2 Å². The first kappa shape index (κ1) is 13.6. The lowest BCUT2D eigenvalue weighted by Gasteiger charge is -2.08. The Morgan fingerprint density at radius 1 is 1.26 bits per heavy atom. The highest BCUT2D eigenvalue weighted by Gasteiger charge is 2.01. The minimum Gasteiger partial charge on any atom is -0.487 e. The Kier molecular flexibility index (Phi) is 4.53. The van der Waals surface area contributed by atoms with E-state index < -0.39 is 0 Å². The number of benzene rings is 1. The molecule has 1 aromatic carbocycles. The molecule has 19 heavy (non-hydrogen) atoms. The largest absolute Gasteiger partial charge is 0.487 e. The minimum absolute atomic E-state index is 0.131. The number of aryl methyl sites for hydroxylation is 1. The summed E-state index contributed by atoms with van der Waals surface area (Å²) in [5.74, 6) is 0.787. The van der Waals surface area contributed by atoms with Gasteiger partial charge in [-0.05, 0) is 31.5 Å². The summed E-state index contributed by atoms with van der Waals surface area (Å²) in [6.07, 6.45) is 2.55. The smallest absolute Gasteiger partial charge is 0.138 e. The molecule has 0 amide bonds. The molecule has 1 atom stereocenters. The molecule has 0 radical (unpaired) electrons. The first-order chi connectivity index (χ1) is 9.13. The fourth-order valence-corrected chi connectivity index (χ4v) is 1.92. The van der Waals surface area contributed by atoms with Gasteiger partial charge in [0.05, 0.1) is 6.20 Å². The van der Waals surface area contributed by atoms with Gasteiger partial charge in [0.2, 0.25) is 0 Å². The number of rotatable bonds is 5. The standard InChI is InChI=1S/C16H20N2O/c1-12-4-3-5-14(8-12)11-19-16-7-6-15(18-10-16)9-13(2)17/h3-8,10,13H,9,11,17H2,1-2H3. The molecule has 1 heterocycles. The maximum Gasteiger partial charge on any atom is 0.138 e. The lowest BCUT2D eigenvalue weighted by Crippen LogP contribution is -2.18. The first-order valence-corrected chi connectivity index (χ1v) is 6.52. The predicted molar refractivity (Wildman–Crippen MR) is 77.1 cm³/mol. The third-order valence-electron chi connectivity index (χ3n) is 2.82. The van der Waals surface area contributed by atoms with Gasteiger partial charge in [-0.15, -0.1) is 0 Å². The molecule has 2 aromatic rings. The molecule has 0 aliphatic carbocycles. The third-order valence-corrected chi connectivity index (χ3v) is 2.82. The molecular weight excluding hydrogens is 236 g/mol. The van der Waals surface area contributed by atoms with Gasteiger partial charge in [-0.1, -0.05) is 29.8 Å². The van der Waals surface area contributed by atoms with Crippen molar-refractivity contribution in [2.75, 3.05) is 0 Å². The number of ether oxygens (including phenoxy) is 1. The van der Waals surface area contributed by atoms with Gasteiger partial charge in [0.1, 0.15) is 12.4 Å². The summed E-state index contributed by atoms with van der Waals surface area (Å²) in [5.41, 5.74) is 9.15. The van der Waals surface area contributed by atoms with Crippen LogP contribution in [-0.4, -0.2) is 11.0 Å². The molecule has 3 nitrogen and oxygen atoms in total. The van der Waals surface area contributed by atoms with Crippen LogP contribution < -0.4 is 10.5 Å². The molecule has 3 heteroatoms. The van der Waals surface area contributed by atoms with Gasteiger partial charge in [-0.2, -0.15) is 0 Å². The van der Waals surface area contributed by atoms with E-state index in [2.05, 4.69) is 30.1 Å². The molecule has 2 rings (SSSR count). The molecule has 0 spiro atoms. The first-order valence-electron chi connectivity index (χ1n) is 6.52. The fraction of sp³-hybridized carbons (Fsp3) is 0.312. The molecule has 1 aromatic heterocycles. The van der Waals surface area contributed by atoms with E-state index in [9.17, 15) is 0 Å². The van der Waals surface area contributed by atoms with Crippen LogP contribution in [0.25, 0.3) is 0 Å². The van der Waals surface area contributed by atoms with Crippen LogP contribution >= 0.6 is 0 Å². The molecule has 100 valence electrons. The van der Waals surface area contributed by atoms with Gasteiger partial charge >= 0.3 is 0 Å². The van der Waals surface area contributed by atoms with Crippen molar-refractivity contribution < 1.29 is 4.74 Å². The Morgan fingerprint density at radius 2 is 2.11 bits per heavy atom. The maximum atomic E-state index is 5.74. The average molecular weight is 256 g/mol. The van der Waals surface area contributed by atoms with Crippen LogP contribution in [0.15, 0.2) is 42.6 Å². The van der Waals surface area contributed by atoms with Crippen molar-refractivity contribution in [3.63, 3.8) is 0 Å². The molecule has 0 saturated heterocycles. The fourth-order valence-electron chi connectivity index (χ4n) is 1.92. The Morgan fingerprint density at radius 3 is 2.74 bits per heavy atom. The highest BCUT2D eigenvalue weighted by molar-refractivity contribution is 5.24. The van der Waals surface area contributed by atoms with Gasteiger partial charge in [0.15, 0.2) is 0 Å². The SMILES string of the molecule is Cc1cccc(COc2ccc(CC(C)N)nc2)c1. The van der Waals surface area contributed by atoms with Gasteiger partial charge in [0.25, 0.3) is 0 Å². The highest BCUT2D eigenvalue weighted by atomic mass is 16.5. The van der Waals surface area contributed by atoms with Gasteiger partial charge < -0.3 is 10.5 Å². The maximum absolute atomic E-state index is 5.74. The Balaban J connectivity index is 1.93. The summed E-state index contributed by atoms with van der Waals surface area (Å²) in [4.78, 5) is 4.34. The van der Waals surface area contributed by atoms with Crippen LogP contribution in [-0.2, 0) is 13.0 Å². The van der Waals surface area contributed by atoms with E-state index in [4.69, 9.17) is 10.5 Å². The summed E-state index contributed by atoms with van der Waals surface area (Å²) < 4.78 is 5.71. The van der Waals surface area contributed by atoms with Crippen LogP contribution in [0.4, 0.5) is 0 Å². The predicted octanol–water partition coefficient (Wildman–Crippen LogP) is 2.86. The highest BCUT2D eigenvalue weighted by Crippen LogP contribution is 2.13. The number of pyridine rings is 1. The van der Waals surface area contributed by atoms with Crippen LogP contribution in [0, 0.1) is 6.92 Å². The zero-order valence-electron chi connectivity index (χ0n) is 11.5. The quantitative estimate of drug-likeness (QED) is 0.894. The van der Waals surface area contributed by atoms with Crippen molar-refractivity contribution in [2.24, 2.45) is 5.73 Å². The molecular formula is C16H20N2O. The molecule has 0 aliphatic heterocycles. The number of aromatic nitrogens is 1. The second-order valence-electron chi connectivity index (χ2n) is 4.94. The van der Waals surface area contributed by atoms with E-state index in [-0.39, 0.29) is 6.04 Å². The minimum atomic E-state index is 0.131. The molecule has 0 bridgehead atoms. The zero-order valence-corrected chi connectivity index (χ0v) is 11.5. The number of hydrogen-bond donors (Lipinski definition) is 1. The van der Waals surface area contributed by atoms with Crippen molar-refractivity contribution in [1.82, 2.24) is 4.98 Å². The van der Waals surface area contributed by atoms with E-state index in [1.54, 1.807) is 6.20 Å². The number of nitrogens with two attached hydrogens (primary N) is 1. The monoisotopic (exact) mass is 256 g/mol. The lowest BCUT2D eigenvalue weighted by molar-refractivity contribution is 0.304. The third kappa shape index (κ3) is 4.38. The second-order valence-corrected chi connectivity index (χ2v) is 4.94. The van der Waals surface area contributed by atoms with Crippen LogP contribution in [0.2, 0.25) is 0 Å².